The minimum Gasteiger partial charge on any atom is -0.322 e. The molecule has 1 amide bonds. The van der Waals surface area contributed by atoms with Gasteiger partial charge in [-0.1, -0.05) is 23.7 Å². The van der Waals surface area contributed by atoms with Crippen LogP contribution < -0.4 is 4.72 Å². The molecule has 0 radical (unpaired) electrons. The lowest BCUT2D eigenvalue weighted by atomic mass is 10.0. The Labute approximate surface area is 169 Å². The number of sulfonamides is 1. The number of likely N-dealkylation sites (tertiary alicyclic amines) is 2. The van der Waals surface area contributed by atoms with E-state index in [1.807, 2.05) is 24.3 Å². The molecule has 2 fully saturated rings. The van der Waals surface area contributed by atoms with Gasteiger partial charge in [-0.05, 0) is 29.5 Å². The van der Waals surface area contributed by atoms with Gasteiger partial charge in [0.25, 0.3) is 0 Å². The van der Waals surface area contributed by atoms with Gasteiger partial charge in [-0.15, -0.1) is 0 Å². The molecule has 3 heterocycles. The second kappa shape index (κ2) is 7.38. The van der Waals surface area contributed by atoms with Crippen molar-refractivity contribution in [3.05, 3.63) is 47.2 Å². The molecule has 1 N–H and O–H groups in total. The number of hydrogen-bond donors (Lipinski definition) is 1. The molecule has 2 aliphatic rings. The summed E-state index contributed by atoms with van der Waals surface area (Å²) in [7, 11) is -3.40. The topological polar surface area (TPSA) is 87.5 Å². The summed E-state index contributed by atoms with van der Waals surface area (Å²) in [5, 5.41) is 4.73. The highest BCUT2D eigenvalue weighted by Gasteiger charge is 2.41. The first-order valence-corrected chi connectivity index (χ1v) is 11.3. The molecule has 10 heteroatoms. The Hall–Kier alpha value is -2.10. The maximum absolute atomic E-state index is 12.7. The summed E-state index contributed by atoms with van der Waals surface area (Å²) >= 11 is 5.94. The van der Waals surface area contributed by atoms with Crippen molar-refractivity contribution in [3.8, 4) is 0 Å². The maximum atomic E-state index is 12.7. The number of anilines is 1. The van der Waals surface area contributed by atoms with Gasteiger partial charge in [0.15, 0.2) is 0 Å². The molecule has 2 atom stereocenters. The van der Waals surface area contributed by atoms with E-state index in [2.05, 4.69) is 14.7 Å². The molecule has 2 unspecified atom stereocenters. The van der Waals surface area contributed by atoms with E-state index in [0.29, 0.717) is 24.9 Å². The number of amides is 1. The van der Waals surface area contributed by atoms with Gasteiger partial charge in [0.05, 0.1) is 24.3 Å². The van der Waals surface area contributed by atoms with Gasteiger partial charge in [0.1, 0.15) is 0 Å². The first-order chi connectivity index (χ1) is 13.3. The summed E-state index contributed by atoms with van der Waals surface area (Å²) in [6, 6.07) is 7.69. The molecule has 150 valence electrons. The molecule has 2 saturated heterocycles. The summed E-state index contributed by atoms with van der Waals surface area (Å²) in [4.78, 5) is 16.9. The van der Waals surface area contributed by atoms with Crippen LogP contribution in [0.15, 0.2) is 36.7 Å². The Kier molecular flexibility index (Phi) is 5.07. The van der Waals surface area contributed by atoms with E-state index in [1.165, 1.54) is 22.6 Å². The van der Waals surface area contributed by atoms with Crippen LogP contribution >= 0.6 is 11.6 Å². The standard InChI is InChI=1S/C18H22ClN5O3S/c1-28(26,27)21-17-6-20-24(12-17)18(25)23-10-14-8-22(9-15(14)11-23)7-13-2-4-16(19)5-3-13/h2-6,12,14-15,21H,7-11H2,1H3. The Morgan fingerprint density at radius 2 is 1.82 bits per heavy atom. The molecule has 0 aliphatic carbocycles. The van der Waals surface area contributed by atoms with Gasteiger partial charge in [0, 0.05) is 37.7 Å². The van der Waals surface area contributed by atoms with Crippen LogP contribution in [-0.4, -0.2) is 66.5 Å². The fourth-order valence-corrected chi connectivity index (χ4v) is 4.72. The Morgan fingerprint density at radius 3 is 2.43 bits per heavy atom. The van der Waals surface area contributed by atoms with Crippen LogP contribution in [0.5, 0.6) is 0 Å². The second-order valence-electron chi connectivity index (χ2n) is 7.58. The third kappa shape index (κ3) is 4.31. The van der Waals surface area contributed by atoms with Crippen LogP contribution in [0.1, 0.15) is 5.56 Å². The van der Waals surface area contributed by atoms with Crippen molar-refractivity contribution in [2.24, 2.45) is 11.8 Å². The third-order valence-electron chi connectivity index (χ3n) is 5.23. The van der Waals surface area contributed by atoms with E-state index in [-0.39, 0.29) is 11.7 Å². The minimum absolute atomic E-state index is 0.222. The maximum Gasteiger partial charge on any atom is 0.344 e. The van der Waals surface area contributed by atoms with Crippen molar-refractivity contribution in [2.75, 3.05) is 37.2 Å². The fourth-order valence-electron chi connectivity index (χ4n) is 4.06. The zero-order chi connectivity index (χ0) is 19.9. The fraction of sp³-hybridized carbons (Fsp3) is 0.444. The molecule has 4 rings (SSSR count). The van der Waals surface area contributed by atoms with Gasteiger partial charge in [0.2, 0.25) is 10.0 Å². The summed E-state index contributed by atoms with van der Waals surface area (Å²) in [6.07, 6.45) is 3.80. The predicted molar refractivity (Wildman–Crippen MR) is 107 cm³/mol. The number of carbonyl (C=O) groups is 1. The molecule has 8 nitrogen and oxygen atoms in total. The SMILES string of the molecule is CS(=O)(=O)Nc1cnn(C(=O)N2CC3CN(Cc4ccc(Cl)cc4)CC3C2)c1. The van der Waals surface area contributed by atoms with E-state index in [0.717, 1.165) is 30.9 Å². The number of carbonyl (C=O) groups excluding carboxylic acids is 1. The van der Waals surface area contributed by atoms with Gasteiger partial charge in [-0.25, -0.2) is 13.2 Å². The Balaban J connectivity index is 1.33. The summed E-state index contributed by atoms with van der Waals surface area (Å²) < 4.78 is 26.1. The normalized spacial score (nSPS) is 22.4. The second-order valence-corrected chi connectivity index (χ2v) is 9.76. The van der Waals surface area contributed by atoms with Crippen molar-refractivity contribution < 1.29 is 13.2 Å². The number of fused-ring (bicyclic) bond motifs is 1. The summed E-state index contributed by atoms with van der Waals surface area (Å²) in [5.41, 5.74) is 1.52. The van der Waals surface area contributed by atoms with Crippen molar-refractivity contribution in [1.29, 1.82) is 0 Å². The third-order valence-corrected chi connectivity index (χ3v) is 6.09. The number of nitrogens with one attached hydrogen (secondary N) is 1. The largest absolute Gasteiger partial charge is 0.344 e. The van der Waals surface area contributed by atoms with Gasteiger partial charge in [-0.2, -0.15) is 9.78 Å². The quantitative estimate of drug-likeness (QED) is 0.811. The summed E-state index contributed by atoms with van der Waals surface area (Å²) in [5.74, 6) is 0.890. The first-order valence-electron chi connectivity index (χ1n) is 9.05. The first kappa shape index (κ1) is 19.2. The zero-order valence-corrected chi connectivity index (χ0v) is 17.0. The molecule has 1 aromatic carbocycles. The molecule has 0 saturated carbocycles. The average Bonchev–Trinajstić information content (AvgIpc) is 3.29. The zero-order valence-electron chi connectivity index (χ0n) is 15.5. The van der Waals surface area contributed by atoms with Gasteiger partial charge >= 0.3 is 6.03 Å². The van der Waals surface area contributed by atoms with Gasteiger partial charge in [-0.3, -0.25) is 9.62 Å². The lowest BCUT2D eigenvalue weighted by Crippen LogP contribution is -2.36. The smallest absolute Gasteiger partial charge is 0.322 e. The lowest BCUT2D eigenvalue weighted by Gasteiger charge is -2.21. The van der Waals surface area contributed by atoms with E-state index in [4.69, 9.17) is 11.6 Å². The van der Waals surface area contributed by atoms with E-state index < -0.39 is 10.0 Å². The Bertz CT molecular complexity index is 961. The average molecular weight is 424 g/mol. The molecule has 1 aromatic heterocycles. The van der Waals surface area contributed by atoms with Crippen LogP contribution in [-0.2, 0) is 16.6 Å². The molecule has 0 bridgehead atoms. The molecule has 0 spiro atoms. The minimum atomic E-state index is -3.40. The lowest BCUT2D eigenvalue weighted by molar-refractivity contribution is 0.197. The van der Waals surface area contributed by atoms with Crippen LogP contribution in [0.25, 0.3) is 0 Å². The van der Waals surface area contributed by atoms with Crippen molar-refractivity contribution in [2.45, 2.75) is 6.54 Å². The highest BCUT2D eigenvalue weighted by molar-refractivity contribution is 7.92. The molecule has 2 aliphatic heterocycles. The summed E-state index contributed by atoms with van der Waals surface area (Å²) in [6.45, 7) is 4.18. The number of nitrogens with zero attached hydrogens (tertiary/aromatic N) is 4. The van der Waals surface area contributed by atoms with Crippen molar-refractivity contribution in [3.63, 3.8) is 0 Å². The van der Waals surface area contributed by atoms with E-state index in [1.54, 1.807) is 4.90 Å². The van der Waals surface area contributed by atoms with Crippen LogP contribution in [0.3, 0.4) is 0 Å². The highest BCUT2D eigenvalue weighted by atomic mass is 35.5. The number of rotatable bonds is 4. The van der Waals surface area contributed by atoms with E-state index >= 15 is 0 Å². The van der Waals surface area contributed by atoms with Gasteiger partial charge < -0.3 is 4.90 Å². The predicted octanol–water partition coefficient (Wildman–Crippen LogP) is 1.94. The molecule has 28 heavy (non-hydrogen) atoms. The van der Waals surface area contributed by atoms with Crippen LogP contribution in [0.4, 0.5) is 10.5 Å². The number of aromatic nitrogens is 2. The highest BCUT2D eigenvalue weighted by Crippen LogP contribution is 2.32. The number of benzene rings is 1. The number of halogens is 1. The van der Waals surface area contributed by atoms with Crippen molar-refractivity contribution >= 4 is 33.3 Å². The Morgan fingerprint density at radius 1 is 1.18 bits per heavy atom. The van der Waals surface area contributed by atoms with Crippen LogP contribution in [0.2, 0.25) is 5.02 Å². The molecule has 2 aromatic rings. The number of hydrogen-bond acceptors (Lipinski definition) is 5. The van der Waals surface area contributed by atoms with Crippen LogP contribution in [0, 0.1) is 11.8 Å². The van der Waals surface area contributed by atoms with Crippen molar-refractivity contribution in [1.82, 2.24) is 19.6 Å². The molecular weight excluding hydrogens is 402 g/mol. The monoisotopic (exact) mass is 423 g/mol. The molecular formula is C18H22ClN5O3S. The van der Waals surface area contributed by atoms with E-state index in [9.17, 15) is 13.2 Å².